The molecule has 1 aromatic rings. The Morgan fingerprint density at radius 1 is 1.11 bits per heavy atom. The number of benzene rings is 1. The summed E-state index contributed by atoms with van der Waals surface area (Å²) >= 11 is 0. The molecule has 0 bridgehead atoms. The van der Waals surface area contributed by atoms with E-state index in [1.165, 1.54) is 30.4 Å². The molecule has 106 valence electrons. The first-order valence-corrected chi connectivity index (χ1v) is 7.43. The van der Waals surface area contributed by atoms with Crippen LogP contribution in [0, 0.1) is 11.3 Å². The lowest BCUT2D eigenvalue weighted by atomic mass is 9.59. The minimum atomic E-state index is 0.326. The molecule has 0 saturated heterocycles. The summed E-state index contributed by atoms with van der Waals surface area (Å²) in [6.07, 6.45) is 3.94. The normalized spacial score (nSPS) is 30.3. The quantitative estimate of drug-likeness (QED) is 0.748. The van der Waals surface area contributed by atoms with Gasteiger partial charge in [0.05, 0.1) is 6.61 Å². The summed E-state index contributed by atoms with van der Waals surface area (Å²) in [7, 11) is 1.75. The summed E-state index contributed by atoms with van der Waals surface area (Å²) in [5.41, 5.74) is 3.54. The highest BCUT2D eigenvalue weighted by molar-refractivity contribution is 5.29. The molecule has 2 rings (SSSR count). The maximum absolute atomic E-state index is 5.19. The van der Waals surface area contributed by atoms with Crippen LogP contribution in [0.3, 0.4) is 0 Å². The summed E-state index contributed by atoms with van der Waals surface area (Å²) < 4.78 is 5.19. The van der Waals surface area contributed by atoms with Gasteiger partial charge in [0.2, 0.25) is 0 Å². The molecule has 0 aromatic heterocycles. The largest absolute Gasteiger partial charge is 0.380 e. The standard InChI is InChI=1S/C18H28O/c1-14-10-17(2,3)13-18(4,11-14)16-8-6-15(7-9-16)12-19-5/h6-9,14H,10-13H2,1-5H3/t14-,18-/m0/s1. The Morgan fingerprint density at radius 3 is 2.26 bits per heavy atom. The van der Waals surface area contributed by atoms with Crippen LogP contribution >= 0.6 is 0 Å². The average molecular weight is 260 g/mol. The predicted molar refractivity (Wildman–Crippen MR) is 81.3 cm³/mol. The second-order valence-electron chi connectivity index (χ2n) is 7.55. The highest BCUT2D eigenvalue weighted by Crippen LogP contribution is 2.49. The zero-order valence-electron chi connectivity index (χ0n) is 13.1. The van der Waals surface area contributed by atoms with Gasteiger partial charge in [-0.2, -0.15) is 0 Å². The van der Waals surface area contributed by atoms with E-state index >= 15 is 0 Å². The fraction of sp³-hybridized carbons (Fsp3) is 0.667. The first-order valence-electron chi connectivity index (χ1n) is 7.43. The van der Waals surface area contributed by atoms with Gasteiger partial charge in [-0.15, -0.1) is 0 Å². The summed E-state index contributed by atoms with van der Waals surface area (Å²) in [4.78, 5) is 0. The van der Waals surface area contributed by atoms with Crippen LogP contribution in [0.5, 0.6) is 0 Å². The summed E-state index contributed by atoms with van der Waals surface area (Å²) in [5.74, 6) is 0.812. The van der Waals surface area contributed by atoms with Gasteiger partial charge in [-0.25, -0.2) is 0 Å². The molecule has 1 fully saturated rings. The van der Waals surface area contributed by atoms with Crippen molar-refractivity contribution in [3.05, 3.63) is 35.4 Å². The smallest absolute Gasteiger partial charge is 0.0713 e. The summed E-state index contributed by atoms with van der Waals surface area (Å²) in [6, 6.07) is 9.05. The van der Waals surface area contributed by atoms with Crippen molar-refractivity contribution in [1.29, 1.82) is 0 Å². The van der Waals surface area contributed by atoms with Crippen LogP contribution < -0.4 is 0 Å². The lowest BCUT2D eigenvalue weighted by molar-refractivity contribution is 0.115. The maximum atomic E-state index is 5.19. The van der Waals surface area contributed by atoms with Gasteiger partial charge in [-0.3, -0.25) is 0 Å². The van der Waals surface area contributed by atoms with Gasteiger partial charge in [0, 0.05) is 7.11 Å². The second-order valence-corrected chi connectivity index (χ2v) is 7.55. The Morgan fingerprint density at radius 2 is 1.74 bits per heavy atom. The summed E-state index contributed by atoms with van der Waals surface area (Å²) in [6.45, 7) is 10.4. The Balaban J connectivity index is 2.23. The molecule has 0 amide bonds. The number of rotatable bonds is 3. The molecule has 0 aliphatic heterocycles. The third-order valence-corrected chi connectivity index (χ3v) is 4.53. The van der Waals surface area contributed by atoms with Gasteiger partial charge in [0.15, 0.2) is 0 Å². The SMILES string of the molecule is COCc1ccc([C@@]2(C)C[C@@H](C)CC(C)(C)C2)cc1. The van der Waals surface area contributed by atoms with Gasteiger partial charge in [0.25, 0.3) is 0 Å². The lowest BCUT2D eigenvalue weighted by Crippen LogP contribution is -2.37. The van der Waals surface area contributed by atoms with Gasteiger partial charge in [-0.1, -0.05) is 52.0 Å². The molecule has 1 aromatic carbocycles. The third-order valence-electron chi connectivity index (χ3n) is 4.53. The van der Waals surface area contributed by atoms with E-state index in [2.05, 4.69) is 52.0 Å². The van der Waals surface area contributed by atoms with E-state index in [1.807, 2.05) is 0 Å². The Hall–Kier alpha value is -0.820. The van der Waals surface area contributed by atoms with Crippen molar-refractivity contribution in [2.45, 2.75) is 59.0 Å². The molecule has 2 atom stereocenters. The van der Waals surface area contributed by atoms with Crippen molar-refractivity contribution in [2.24, 2.45) is 11.3 Å². The monoisotopic (exact) mass is 260 g/mol. The van der Waals surface area contributed by atoms with E-state index in [9.17, 15) is 0 Å². The number of hydrogen-bond donors (Lipinski definition) is 0. The van der Waals surface area contributed by atoms with E-state index < -0.39 is 0 Å². The molecular formula is C18H28O. The van der Waals surface area contributed by atoms with Crippen LogP contribution in [-0.4, -0.2) is 7.11 Å². The maximum Gasteiger partial charge on any atom is 0.0713 e. The molecule has 0 spiro atoms. The highest BCUT2D eigenvalue weighted by Gasteiger charge is 2.40. The van der Waals surface area contributed by atoms with E-state index in [4.69, 9.17) is 4.74 Å². The molecule has 0 unspecified atom stereocenters. The van der Waals surface area contributed by atoms with E-state index in [-0.39, 0.29) is 0 Å². The highest BCUT2D eigenvalue weighted by atomic mass is 16.5. The molecule has 1 aliphatic carbocycles. The van der Waals surface area contributed by atoms with Crippen LogP contribution in [0.4, 0.5) is 0 Å². The minimum Gasteiger partial charge on any atom is -0.380 e. The zero-order valence-corrected chi connectivity index (χ0v) is 13.1. The van der Waals surface area contributed by atoms with Crippen molar-refractivity contribution in [1.82, 2.24) is 0 Å². The molecule has 1 aliphatic rings. The molecule has 0 heterocycles. The summed E-state index contributed by atoms with van der Waals surface area (Å²) in [5, 5.41) is 0. The fourth-order valence-corrected chi connectivity index (χ4v) is 4.38. The van der Waals surface area contributed by atoms with Crippen molar-refractivity contribution in [2.75, 3.05) is 7.11 Å². The first-order chi connectivity index (χ1) is 8.85. The van der Waals surface area contributed by atoms with Crippen LogP contribution in [0.2, 0.25) is 0 Å². The molecule has 1 heteroatoms. The van der Waals surface area contributed by atoms with Crippen molar-refractivity contribution < 1.29 is 4.74 Å². The molecule has 0 radical (unpaired) electrons. The van der Waals surface area contributed by atoms with Crippen LogP contribution in [0.15, 0.2) is 24.3 Å². The van der Waals surface area contributed by atoms with E-state index in [0.29, 0.717) is 17.4 Å². The third kappa shape index (κ3) is 3.39. The van der Waals surface area contributed by atoms with Gasteiger partial charge >= 0.3 is 0 Å². The number of hydrogen-bond acceptors (Lipinski definition) is 1. The first kappa shape index (κ1) is 14.6. The Bertz CT molecular complexity index is 418. The minimum absolute atomic E-state index is 0.326. The Kier molecular flexibility index (Phi) is 4.06. The van der Waals surface area contributed by atoms with E-state index in [1.54, 1.807) is 7.11 Å². The average Bonchev–Trinajstić information content (AvgIpc) is 2.26. The molecular weight excluding hydrogens is 232 g/mol. The number of methoxy groups -OCH3 is 1. The molecule has 0 N–H and O–H groups in total. The predicted octanol–water partition coefficient (Wildman–Crippen LogP) is 4.94. The van der Waals surface area contributed by atoms with Crippen LogP contribution in [0.1, 0.15) is 58.1 Å². The van der Waals surface area contributed by atoms with Crippen molar-refractivity contribution in [3.8, 4) is 0 Å². The second kappa shape index (κ2) is 5.28. The molecule has 1 nitrogen and oxygen atoms in total. The molecule has 19 heavy (non-hydrogen) atoms. The fourth-order valence-electron chi connectivity index (χ4n) is 4.38. The van der Waals surface area contributed by atoms with Gasteiger partial charge in [0.1, 0.15) is 0 Å². The van der Waals surface area contributed by atoms with Gasteiger partial charge in [-0.05, 0) is 47.1 Å². The van der Waals surface area contributed by atoms with E-state index in [0.717, 1.165) is 5.92 Å². The van der Waals surface area contributed by atoms with Crippen LogP contribution in [0.25, 0.3) is 0 Å². The topological polar surface area (TPSA) is 9.23 Å². The Labute approximate surface area is 118 Å². The lowest BCUT2D eigenvalue weighted by Gasteiger charge is -2.46. The number of ether oxygens (including phenoxy) is 1. The molecule has 1 saturated carbocycles. The van der Waals surface area contributed by atoms with Crippen molar-refractivity contribution >= 4 is 0 Å². The van der Waals surface area contributed by atoms with Crippen molar-refractivity contribution in [3.63, 3.8) is 0 Å². The van der Waals surface area contributed by atoms with Gasteiger partial charge < -0.3 is 4.74 Å². The zero-order chi connectivity index (χ0) is 14.1. The van der Waals surface area contributed by atoms with Crippen LogP contribution in [-0.2, 0) is 16.8 Å².